The Morgan fingerprint density at radius 2 is 1.81 bits per heavy atom. The molecule has 0 aliphatic carbocycles. The Balaban J connectivity index is 1.62. The average molecular weight is 403 g/mol. The van der Waals surface area contributed by atoms with Gasteiger partial charge in [0.2, 0.25) is 21.1 Å². The van der Waals surface area contributed by atoms with Crippen LogP contribution >= 0.6 is 11.8 Å². The number of carbonyl (C=O) groups is 1. The van der Waals surface area contributed by atoms with Crippen LogP contribution in [0.2, 0.25) is 0 Å². The zero-order valence-corrected chi connectivity index (χ0v) is 15.9. The third-order valence-corrected chi connectivity index (χ3v) is 5.50. The third-order valence-electron chi connectivity index (χ3n) is 3.61. The van der Waals surface area contributed by atoms with Crippen molar-refractivity contribution in [3.8, 4) is 11.4 Å². The molecule has 0 saturated heterocycles. The number of nitrogens with zero attached hydrogens (tertiary/aromatic N) is 2. The van der Waals surface area contributed by atoms with Gasteiger partial charge in [-0.1, -0.05) is 42.1 Å². The van der Waals surface area contributed by atoms with Crippen LogP contribution in [0.5, 0.6) is 0 Å². The predicted molar refractivity (Wildman–Crippen MR) is 104 cm³/mol. The standard InChI is InChI=1S/C17H17N5O3S2/c1-11(16(23)19-13-7-9-14(10-8-13)27(18,24)25)26-17-20-15(21-22-17)12-5-3-2-4-6-12/h2-11H,1H3,(H,19,23)(H2,18,24,25)(H,20,21,22)/t11-/m1/s1. The van der Waals surface area contributed by atoms with E-state index in [1.54, 1.807) is 6.92 Å². The van der Waals surface area contributed by atoms with Crippen molar-refractivity contribution in [2.45, 2.75) is 22.2 Å². The van der Waals surface area contributed by atoms with Gasteiger partial charge in [0.15, 0.2) is 5.82 Å². The van der Waals surface area contributed by atoms with Crippen LogP contribution in [0.25, 0.3) is 11.4 Å². The number of amides is 1. The lowest BCUT2D eigenvalue weighted by Gasteiger charge is -2.10. The molecule has 0 aliphatic rings. The summed E-state index contributed by atoms with van der Waals surface area (Å²) in [7, 11) is -3.76. The molecule has 0 unspecified atom stereocenters. The van der Waals surface area contributed by atoms with Crippen molar-refractivity contribution >= 4 is 33.4 Å². The van der Waals surface area contributed by atoms with E-state index in [-0.39, 0.29) is 10.8 Å². The molecule has 1 atom stereocenters. The van der Waals surface area contributed by atoms with Crippen molar-refractivity contribution in [1.82, 2.24) is 15.2 Å². The molecule has 1 heterocycles. The van der Waals surface area contributed by atoms with E-state index in [1.807, 2.05) is 30.3 Å². The molecule has 3 rings (SSSR count). The molecule has 8 nitrogen and oxygen atoms in total. The molecule has 0 fully saturated rings. The summed E-state index contributed by atoms with van der Waals surface area (Å²) >= 11 is 1.21. The number of carbonyl (C=O) groups excluding carboxylic acids is 1. The highest BCUT2D eigenvalue weighted by Gasteiger charge is 2.18. The van der Waals surface area contributed by atoms with Crippen molar-refractivity contribution in [1.29, 1.82) is 0 Å². The third kappa shape index (κ3) is 4.94. The van der Waals surface area contributed by atoms with Gasteiger partial charge in [-0.15, -0.1) is 5.10 Å². The molecular formula is C17H17N5O3S2. The predicted octanol–water partition coefficient (Wildman–Crippen LogP) is 2.24. The van der Waals surface area contributed by atoms with Gasteiger partial charge in [0, 0.05) is 11.3 Å². The zero-order chi connectivity index (χ0) is 19.4. The minimum absolute atomic E-state index is 0.0166. The van der Waals surface area contributed by atoms with Crippen molar-refractivity contribution in [2.24, 2.45) is 5.14 Å². The summed E-state index contributed by atoms with van der Waals surface area (Å²) in [6, 6.07) is 15.2. The molecular weight excluding hydrogens is 386 g/mol. The summed E-state index contributed by atoms with van der Waals surface area (Å²) in [5.74, 6) is 0.374. The lowest BCUT2D eigenvalue weighted by Crippen LogP contribution is -2.22. The Bertz CT molecular complexity index is 1030. The highest BCUT2D eigenvalue weighted by Crippen LogP contribution is 2.23. The molecule has 10 heteroatoms. The van der Waals surface area contributed by atoms with Gasteiger partial charge in [0.25, 0.3) is 0 Å². The number of hydrogen-bond donors (Lipinski definition) is 3. The summed E-state index contributed by atoms with van der Waals surface area (Å²) in [4.78, 5) is 16.7. The molecule has 0 spiro atoms. The van der Waals surface area contributed by atoms with Crippen LogP contribution in [0.15, 0.2) is 64.6 Å². The molecule has 27 heavy (non-hydrogen) atoms. The Morgan fingerprint density at radius 3 is 2.44 bits per heavy atom. The largest absolute Gasteiger partial charge is 0.325 e. The van der Waals surface area contributed by atoms with Crippen LogP contribution in [0.1, 0.15) is 6.92 Å². The van der Waals surface area contributed by atoms with Gasteiger partial charge >= 0.3 is 0 Å². The quantitative estimate of drug-likeness (QED) is 0.541. The normalized spacial score (nSPS) is 12.5. The minimum atomic E-state index is -3.76. The second-order valence-corrected chi connectivity index (χ2v) is 8.52. The van der Waals surface area contributed by atoms with Crippen molar-refractivity contribution in [3.05, 3.63) is 54.6 Å². The molecule has 0 bridgehead atoms. The van der Waals surface area contributed by atoms with E-state index in [4.69, 9.17) is 5.14 Å². The summed E-state index contributed by atoms with van der Waals surface area (Å²) in [5, 5.41) is 14.8. The van der Waals surface area contributed by atoms with E-state index in [1.165, 1.54) is 36.0 Å². The molecule has 2 aromatic carbocycles. The molecule has 0 radical (unpaired) electrons. The number of anilines is 1. The molecule has 1 aromatic heterocycles. The summed E-state index contributed by atoms with van der Waals surface area (Å²) in [6.07, 6.45) is 0. The molecule has 0 saturated carbocycles. The fourth-order valence-corrected chi connectivity index (χ4v) is 3.45. The maximum atomic E-state index is 12.3. The Kier molecular flexibility index (Phi) is 5.59. The van der Waals surface area contributed by atoms with Crippen LogP contribution in [-0.2, 0) is 14.8 Å². The van der Waals surface area contributed by atoms with E-state index >= 15 is 0 Å². The minimum Gasteiger partial charge on any atom is -0.325 e. The molecule has 1 amide bonds. The van der Waals surface area contributed by atoms with E-state index in [0.29, 0.717) is 16.7 Å². The second-order valence-electron chi connectivity index (χ2n) is 5.65. The fraction of sp³-hybridized carbons (Fsp3) is 0.118. The van der Waals surface area contributed by atoms with E-state index in [0.717, 1.165) is 5.56 Å². The van der Waals surface area contributed by atoms with Gasteiger partial charge in [-0.05, 0) is 31.2 Å². The number of aromatic nitrogens is 3. The van der Waals surface area contributed by atoms with Gasteiger partial charge in [-0.2, -0.15) is 0 Å². The van der Waals surface area contributed by atoms with Crippen LogP contribution < -0.4 is 10.5 Å². The number of benzene rings is 2. The first-order valence-corrected chi connectivity index (χ1v) is 10.3. The number of primary sulfonamides is 1. The number of sulfonamides is 1. The smallest absolute Gasteiger partial charge is 0.238 e. The lowest BCUT2D eigenvalue weighted by atomic mass is 10.2. The monoisotopic (exact) mass is 403 g/mol. The van der Waals surface area contributed by atoms with E-state index < -0.39 is 15.3 Å². The van der Waals surface area contributed by atoms with Gasteiger partial charge in [0.1, 0.15) is 0 Å². The second kappa shape index (κ2) is 7.91. The van der Waals surface area contributed by atoms with Crippen molar-refractivity contribution in [3.63, 3.8) is 0 Å². The number of hydrogen-bond acceptors (Lipinski definition) is 6. The molecule has 0 aliphatic heterocycles. The van der Waals surface area contributed by atoms with Gasteiger partial charge in [0.05, 0.1) is 10.1 Å². The van der Waals surface area contributed by atoms with Crippen LogP contribution in [0.4, 0.5) is 5.69 Å². The average Bonchev–Trinajstić information content (AvgIpc) is 3.10. The number of aromatic amines is 1. The highest BCUT2D eigenvalue weighted by atomic mass is 32.2. The van der Waals surface area contributed by atoms with Crippen LogP contribution in [0.3, 0.4) is 0 Å². The summed E-state index contributed by atoms with van der Waals surface area (Å²) in [5.41, 5.74) is 1.38. The lowest BCUT2D eigenvalue weighted by molar-refractivity contribution is -0.115. The first-order valence-electron chi connectivity index (χ1n) is 7.91. The maximum absolute atomic E-state index is 12.3. The number of rotatable bonds is 6. The van der Waals surface area contributed by atoms with Crippen molar-refractivity contribution < 1.29 is 13.2 Å². The van der Waals surface area contributed by atoms with Crippen molar-refractivity contribution in [2.75, 3.05) is 5.32 Å². The summed E-state index contributed by atoms with van der Waals surface area (Å²) < 4.78 is 22.5. The first kappa shape index (κ1) is 19.1. The SMILES string of the molecule is C[C@@H](Sc1n[nH]c(-c2ccccc2)n1)C(=O)Nc1ccc(S(N)(=O)=O)cc1. The maximum Gasteiger partial charge on any atom is 0.238 e. The number of H-pyrrole nitrogens is 1. The number of nitrogens with one attached hydrogen (secondary N) is 2. The first-order chi connectivity index (χ1) is 12.8. The van der Waals surface area contributed by atoms with Crippen LogP contribution in [0, 0.1) is 0 Å². The molecule has 140 valence electrons. The Morgan fingerprint density at radius 1 is 1.15 bits per heavy atom. The Labute approximate surface area is 160 Å². The van der Waals surface area contributed by atoms with Crippen LogP contribution in [-0.4, -0.2) is 34.8 Å². The number of nitrogens with two attached hydrogens (primary N) is 1. The highest BCUT2D eigenvalue weighted by molar-refractivity contribution is 8.00. The zero-order valence-electron chi connectivity index (χ0n) is 14.3. The topological polar surface area (TPSA) is 131 Å². The van der Waals surface area contributed by atoms with E-state index in [9.17, 15) is 13.2 Å². The summed E-state index contributed by atoms with van der Waals surface area (Å²) in [6.45, 7) is 1.73. The van der Waals surface area contributed by atoms with Gasteiger partial charge in [-0.25, -0.2) is 18.5 Å². The van der Waals surface area contributed by atoms with Gasteiger partial charge < -0.3 is 5.32 Å². The Hall–Kier alpha value is -2.69. The molecule has 3 aromatic rings. The number of thioether (sulfide) groups is 1. The van der Waals surface area contributed by atoms with E-state index in [2.05, 4.69) is 20.5 Å². The van der Waals surface area contributed by atoms with Gasteiger partial charge in [-0.3, -0.25) is 9.89 Å². The fourth-order valence-electron chi connectivity index (χ4n) is 2.21. The molecule has 4 N–H and O–H groups in total.